The zero-order valence-electron chi connectivity index (χ0n) is 19.9. The molecule has 0 aliphatic carbocycles. The van der Waals surface area contributed by atoms with Gasteiger partial charge in [0.1, 0.15) is 5.82 Å². The molecular formula is C23H35N7O2. The number of piperidine rings is 1. The van der Waals surface area contributed by atoms with Crippen molar-refractivity contribution >= 4 is 17.6 Å². The molecule has 9 nitrogen and oxygen atoms in total. The lowest BCUT2D eigenvalue weighted by Crippen LogP contribution is -2.43. The van der Waals surface area contributed by atoms with E-state index >= 15 is 0 Å². The van der Waals surface area contributed by atoms with Crippen molar-refractivity contribution in [3.05, 3.63) is 29.2 Å². The normalized spacial score (nSPS) is 15.0. The molecule has 0 radical (unpaired) electrons. The highest BCUT2D eigenvalue weighted by Gasteiger charge is 2.28. The average Bonchev–Trinajstić information content (AvgIpc) is 3.11. The van der Waals surface area contributed by atoms with Crippen LogP contribution in [0.25, 0.3) is 5.95 Å². The fraction of sp³-hybridized carbons (Fsp3) is 0.609. The van der Waals surface area contributed by atoms with Gasteiger partial charge in [-0.1, -0.05) is 13.3 Å². The van der Waals surface area contributed by atoms with Crippen LogP contribution in [-0.2, 0) is 9.59 Å². The first kappa shape index (κ1) is 23.8. The SMILES string of the molecule is CCCCN(C)C(=O)C1CCN(CC(=O)Nc2cc(C)nn2-c2nc(C)cc(C)n2)CC1. The van der Waals surface area contributed by atoms with Gasteiger partial charge in [0.25, 0.3) is 5.95 Å². The van der Waals surface area contributed by atoms with Crippen molar-refractivity contribution in [2.75, 3.05) is 38.5 Å². The minimum atomic E-state index is -0.111. The summed E-state index contributed by atoms with van der Waals surface area (Å²) in [5, 5.41) is 7.41. The first-order chi connectivity index (χ1) is 15.3. The molecule has 3 heterocycles. The third kappa shape index (κ3) is 6.12. The van der Waals surface area contributed by atoms with E-state index in [0.29, 0.717) is 11.8 Å². The lowest BCUT2D eigenvalue weighted by molar-refractivity contribution is -0.135. The number of carbonyl (C=O) groups is 2. The largest absolute Gasteiger partial charge is 0.346 e. The smallest absolute Gasteiger partial charge is 0.252 e. The minimum Gasteiger partial charge on any atom is -0.346 e. The van der Waals surface area contributed by atoms with Gasteiger partial charge in [0.05, 0.1) is 12.2 Å². The zero-order chi connectivity index (χ0) is 23.3. The molecule has 1 N–H and O–H groups in total. The number of hydrogen-bond acceptors (Lipinski definition) is 6. The quantitative estimate of drug-likeness (QED) is 0.676. The molecule has 2 amide bonds. The van der Waals surface area contributed by atoms with Gasteiger partial charge in [-0.15, -0.1) is 0 Å². The summed E-state index contributed by atoms with van der Waals surface area (Å²) in [5.41, 5.74) is 2.46. The highest BCUT2D eigenvalue weighted by molar-refractivity contribution is 5.91. The molecule has 0 bridgehead atoms. The number of rotatable bonds is 8. The van der Waals surface area contributed by atoms with Gasteiger partial charge >= 0.3 is 0 Å². The van der Waals surface area contributed by atoms with Crippen molar-refractivity contribution in [1.82, 2.24) is 29.5 Å². The van der Waals surface area contributed by atoms with Crippen LogP contribution in [-0.4, -0.2) is 74.6 Å². The number of unbranched alkanes of at least 4 members (excludes halogenated alkanes) is 1. The Hall–Kier alpha value is -2.81. The first-order valence-electron chi connectivity index (χ1n) is 11.4. The Labute approximate surface area is 190 Å². The second-order valence-corrected chi connectivity index (χ2v) is 8.75. The number of nitrogens with zero attached hydrogens (tertiary/aromatic N) is 6. The van der Waals surface area contributed by atoms with Crippen molar-refractivity contribution in [1.29, 1.82) is 0 Å². The van der Waals surface area contributed by atoms with E-state index < -0.39 is 0 Å². The molecule has 9 heteroatoms. The Bertz CT molecular complexity index is 928. The molecule has 2 aromatic heterocycles. The number of aryl methyl sites for hydroxylation is 3. The fourth-order valence-electron chi connectivity index (χ4n) is 4.08. The van der Waals surface area contributed by atoms with Crippen molar-refractivity contribution < 1.29 is 9.59 Å². The van der Waals surface area contributed by atoms with E-state index in [0.717, 1.165) is 62.4 Å². The van der Waals surface area contributed by atoms with E-state index in [2.05, 4.69) is 32.2 Å². The van der Waals surface area contributed by atoms with E-state index in [1.165, 1.54) is 0 Å². The van der Waals surface area contributed by atoms with Crippen LogP contribution in [0.4, 0.5) is 5.82 Å². The van der Waals surface area contributed by atoms with Crippen molar-refractivity contribution in [3.8, 4) is 5.95 Å². The number of amides is 2. The Morgan fingerprint density at radius 3 is 2.38 bits per heavy atom. The summed E-state index contributed by atoms with van der Waals surface area (Å²) in [6.07, 6.45) is 3.69. The van der Waals surface area contributed by atoms with Gasteiger partial charge in [-0.2, -0.15) is 9.78 Å². The van der Waals surface area contributed by atoms with Crippen LogP contribution in [0.1, 0.15) is 49.7 Å². The summed E-state index contributed by atoms with van der Waals surface area (Å²) >= 11 is 0. The number of nitrogens with one attached hydrogen (secondary N) is 1. The highest BCUT2D eigenvalue weighted by atomic mass is 16.2. The summed E-state index contributed by atoms with van der Waals surface area (Å²) in [6, 6.07) is 3.71. The monoisotopic (exact) mass is 441 g/mol. The maximum absolute atomic E-state index is 12.7. The predicted molar refractivity (Wildman–Crippen MR) is 124 cm³/mol. The molecule has 1 fully saturated rings. The minimum absolute atomic E-state index is 0.0574. The van der Waals surface area contributed by atoms with Crippen LogP contribution < -0.4 is 5.32 Å². The van der Waals surface area contributed by atoms with E-state index in [9.17, 15) is 9.59 Å². The maximum Gasteiger partial charge on any atom is 0.252 e. The summed E-state index contributed by atoms with van der Waals surface area (Å²) < 4.78 is 1.57. The van der Waals surface area contributed by atoms with Gasteiger partial charge in [-0.05, 0) is 59.2 Å². The molecular weight excluding hydrogens is 406 g/mol. The Balaban J connectivity index is 1.56. The summed E-state index contributed by atoms with van der Waals surface area (Å²) in [4.78, 5) is 38.2. The van der Waals surface area contributed by atoms with Crippen LogP contribution in [0.2, 0.25) is 0 Å². The Kier molecular flexibility index (Phi) is 7.95. The molecule has 0 atom stereocenters. The van der Waals surface area contributed by atoms with E-state index in [-0.39, 0.29) is 24.3 Å². The lowest BCUT2D eigenvalue weighted by atomic mass is 9.95. The van der Waals surface area contributed by atoms with Gasteiger partial charge in [0.15, 0.2) is 0 Å². The summed E-state index contributed by atoms with van der Waals surface area (Å²) in [7, 11) is 1.89. The van der Waals surface area contributed by atoms with Gasteiger partial charge < -0.3 is 10.2 Å². The molecule has 2 aromatic rings. The molecule has 1 aliphatic heterocycles. The molecule has 1 saturated heterocycles. The molecule has 0 unspecified atom stereocenters. The number of hydrogen-bond donors (Lipinski definition) is 1. The highest BCUT2D eigenvalue weighted by Crippen LogP contribution is 2.20. The van der Waals surface area contributed by atoms with Crippen LogP contribution in [0, 0.1) is 26.7 Å². The second-order valence-electron chi connectivity index (χ2n) is 8.75. The molecule has 0 aromatic carbocycles. The predicted octanol–water partition coefficient (Wildman–Crippen LogP) is 2.50. The molecule has 0 spiro atoms. The van der Waals surface area contributed by atoms with Gasteiger partial charge in [-0.25, -0.2) is 9.97 Å². The fourth-order valence-corrected chi connectivity index (χ4v) is 4.08. The average molecular weight is 442 g/mol. The Morgan fingerprint density at radius 2 is 1.75 bits per heavy atom. The van der Waals surface area contributed by atoms with Crippen molar-refractivity contribution in [2.24, 2.45) is 5.92 Å². The molecule has 174 valence electrons. The molecule has 32 heavy (non-hydrogen) atoms. The van der Waals surface area contributed by atoms with E-state index in [1.54, 1.807) is 4.68 Å². The zero-order valence-corrected chi connectivity index (χ0v) is 19.9. The van der Waals surface area contributed by atoms with Gasteiger partial charge in [0, 0.05) is 37.0 Å². The van der Waals surface area contributed by atoms with Crippen molar-refractivity contribution in [3.63, 3.8) is 0 Å². The summed E-state index contributed by atoms with van der Waals surface area (Å²) in [5.74, 6) is 1.18. The van der Waals surface area contributed by atoms with Crippen LogP contribution in [0.5, 0.6) is 0 Å². The Morgan fingerprint density at radius 1 is 1.09 bits per heavy atom. The third-order valence-corrected chi connectivity index (χ3v) is 5.79. The molecule has 1 aliphatic rings. The topological polar surface area (TPSA) is 96.2 Å². The van der Waals surface area contributed by atoms with Gasteiger partial charge in [-0.3, -0.25) is 14.5 Å². The number of likely N-dealkylation sites (tertiary alicyclic amines) is 1. The number of anilines is 1. The summed E-state index contributed by atoms with van der Waals surface area (Å²) in [6.45, 7) is 10.4. The number of carbonyl (C=O) groups excluding carboxylic acids is 2. The van der Waals surface area contributed by atoms with Gasteiger partial charge in [0.2, 0.25) is 11.8 Å². The van der Waals surface area contributed by atoms with Crippen LogP contribution >= 0.6 is 0 Å². The lowest BCUT2D eigenvalue weighted by Gasteiger charge is -2.32. The standard InChI is InChI=1S/C23H35N7O2/c1-6-7-10-28(5)22(32)19-8-11-29(12-9-19)15-21(31)26-20-14-18(4)27-30(20)23-24-16(2)13-17(3)25-23/h13-14,19H,6-12,15H2,1-5H3,(H,26,31). The number of aromatic nitrogens is 4. The van der Waals surface area contributed by atoms with Crippen molar-refractivity contribution in [2.45, 2.75) is 53.4 Å². The third-order valence-electron chi connectivity index (χ3n) is 5.79. The first-order valence-corrected chi connectivity index (χ1v) is 11.4. The molecule has 0 saturated carbocycles. The maximum atomic E-state index is 12.7. The second kappa shape index (κ2) is 10.7. The van der Waals surface area contributed by atoms with E-state index in [4.69, 9.17) is 0 Å². The van der Waals surface area contributed by atoms with Crippen LogP contribution in [0.15, 0.2) is 12.1 Å². The molecule has 3 rings (SSSR count). The van der Waals surface area contributed by atoms with Crippen LogP contribution in [0.3, 0.4) is 0 Å². The van der Waals surface area contributed by atoms with E-state index in [1.807, 2.05) is 44.9 Å².